The van der Waals surface area contributed by atoms with Crippen molar-refractivity contribution >= 4 is 11.6 Å². The van der Waals surface area contributed by atoms with E-state index in [-0.39, 0.29) is 11.9 Å². The first-order valence-electron chi connectivity index (χ1n) is 11.0. The van der Waals surface area contributed by atoms with E-state index in [9.17, 15) is 4.79 Å². The summed E-state index contributed by atoms with van der Waals surface area (Å²) in [5.41, 5.74) is 4.76. The molecule has 33 heavy (non-hydrogen) atoms. The number of aryl methyl sites for hydroxylation is 1. The van der Waals surface area contributed by atoms with E-state index in [1.54, 1.807) is 7.11 Å². The second-order valence-electron chi connectivity index (χ2n) is 7.96. The third-order valence-electron chi connectivity index (χ3n) is 5.61. The molecule has 0 fully saturated rings. The molecule has 0 bridgehead atoms. The zero-order valence-electron chi connectivity index (χ0n) is 18.9. The van der Waals surface area contributed by atoms with Gasteiger partial charge in [-0.1, -0.05) is 97.1 Å². The average Bonchev–Trinajstić information content (AvgIpc) is 2.86. The quantitative estimate of drug-likeness (QED) is 0.353. The Hall–Kier alpha value is -3.89. The maximum absolute atomic E-state index is 13.7. The van der Waals surface area contributed by atoms with E-state index >= 15 is 0 Å². The van der Waals surface area contributed by atoms with Crippen LogP contribution in [0.5, 0.6) is 5.75 Å². The molecule has 4 heteroatoms. The van der Waals surface area contributed by atoms with E-state index in [4.69, 9.17) is 4.74 Å². The Morgan fingerprint density at radius 2 is 1.24 bits per heavy atom. The van der Waals surface area contributed by atoms with Gasteiger partial charge in [0.25, 0.3) is 0 Å². The molecule has 166 valence electrons. The fourth-order valence-electron chi connectivity index (χ4n) is 3.94. The van der Waals surface area contributed by atoms with Crippen molar-refractivity contribution in [2.24, 2.45) is 0 Å². The predicted molar refractivity (Wildman–Crippen MR) is 133 cm³/mol. The van der Waals surface area contributed by atoms with Crippen molar-refractivity contribution in [1.82, 2.24) is 5.32 Å². The molecule has 0 saturated heterocycles. The number of anilines is 1. The first-order chi connectivity index (χ1) is 16.2. The summed E-state index contributed by atoms with van der Waals surface area (Å²) in [6, 6.07) is 35.2. The van der Waals surface area contributed by atoms with Crippen LogP contribution in [0.1, 0.15) is 34.3 Å². The summed E-state index contributed by atoms with van der Waals surface area (Å²) in [5, 5.41) is 6.70. The number of hydrogen-bond acceptors (Lipinski definition) is 3. The van der Waals surface area contributed by atoms with Crippen molar-refractivity contribution in [3.8, 4) is 5.75 Å². The molecule has 0 aromatic heterocycles. The number of nitrogens with one attached hydrogen (secondary N) is 2. The van der Waals surface area contributed by atoms with Crippen molar-refractivity contribution in [3.05, 3.63) is 131 Å². The second-order valence-corrected chi connectivity index (χ2v) is 7.96. The molecule has 0 saturated carbocycles. The van der Waals surface area contributed by atoms with Crippen LogP contribution in [0, 0.1) is 6.92 Å². The van der Waals surface area contributed by atoms with Gasteiger partial charge in [0.1, 0.15) is 11.8 Å². The molecular weight excluding hydrogens is 408 g/mol. The summed E-state index contributed by atoms with van der Waals surface area (Å²) in [7, 11) is 1.61. The van der Waals surface area contributed by atoms with Gasteiger partial charge in [-0.2, -0.15) is 0 Å². The Morgan fingerprint density at radius 1 is 0.727 bits per heavy atom. The molecule has 1 atom stereocenters. The number of benzene rings is 4. The fraction of sp³-hybridized carbons (Fsp3) is 0.138. The van der Waals surface area contributed by atoms with Gasteiger partial charge in [-0.15, -0.1) is 0 Å². The summed E-state index contributed by atoms with van der Waals surface area (Å²) in [4.78, 5) is 13.7. The number of ether oxygens (including phenoxy) is 1. The van der Waals surface area contributed by atoms with Crippen LogP contribution in [0.4, 0.5) is 5.69 Å². The van der Waals surface area contributed by atoms with E-state index in [2.05, 4.69) is 34.9 Å². The lowest BCUT2D eigenvalue weighted by Gasteiger charge is -2.27. The molecule has 4 aromatic carbocycles. The van der Waals surface area contributed by atoms with Gasteiger partial charge < -0.3 is 10.1 Å². The molecule has 4 rings (SSSR count). The summed E-state index contributed by atoms with van der Waals surface area (Å²) >= 11 is 0. The number of methoxy groups -OCH3 is 1. The highest BCUT2D eigenvalue weighted by molar-refractivity contribution is 5.97. The van der Waals surface area contributed by atoms with Crippen LogP contribution in [0.3, 0.4) is 0 Å². The molecule has 0 heterocycles. The summed E-state index contributed by atoms with van der Waals surface area (Å²) in [6.07, 6.45) is 0. The minimum absolute atomic E-state index is 0.151. The first-order valence-corrected chi connectivity index (χ1v) is 11.0. The predicted octanol–water partition coefficient (Wildman–Crippen LogP) is 6.06. The summed E-state index contributed by atoms with van der Waals surface area (Å²) < 4.78 is 5.47. The average molecular weight is 437 g/mol. The minimum atomic E-state index is -0.582. The lowest BCUT2D eigenvalue weighted by Crippen LogP contribution is -2.36. The van der Waals surface area contributed by atoms with Crippen LogP contribution < -0.4 is 15.4 Å². The largest absolute Gasteiger partial charge is 0.495 e. The Morgan fingerprint density at radius 3 is 1.76 bits per heavy atom. The molecule has 0 aliphatic carbocycles. The second kappa shape index (κ2) is 10.6. The van der Waals surface area contributed by atoms with E-state index in [1.165, 1.54) is 0 Å². The van der Waals surface area contributed by atoms with E-state index < -0.39 is 6.04 Å². The third kappa shape index (κ3) is 5.48. The van der Waals surface area contributed by atoms with Crippen molar-refractivity contribution in [2.45, 2.75) is 19.0 Å². The standard InChI is InChI=1S/C29H28N2O2/c1-21-18-19-26(33-2)25(20-21)30-29(32)28(24-16-10-5-11-17-24)31-27(22-12-6-3-7-13-22)23-14-8-4-9-15-23/h3-20,27-28,31H,1-2H3,(H,30,32)/t28-/m0/s1. The lowest BCUT2D eigenvalue weighted by atomic mass is 9.96. The maximum Gasteiger partial charge on any atom is 0.246 e. The Bertz CT molecular complexity index is 1140. The lowest BCUT2D eigenvalue weighted by molar-refractivity contribution is -0.118. The van der Waals surface area contributed by atoms with Crippen LogP contribution in [-0.4, -0.2) is 13.0 Å². The third-order valence-corrected chi connectivity index (χ3v) is 5.61. The Labute approximate surface area is 195 Å². The molecule has 0 aliphatic rings. The minimum Gasteiger partial charge on any atom is -0.495 e. The molecule has 0 radical (unpaired) electrons. The van der Waals surface area contributed by atoms with Crippen LogP contribution in [0.25, 0.3) is 0 Å². The zero-order chi connectivity index (χ0) is 23.0. The van der Waals surface area contributed by atoms with E-state index in [0.29, 0.717) is 11.4 Å². The van der Waals surface area contributed by atoms with Gasteiger partial charge in [-0.3, -0.25) is 10.1 Å². The van der Waals surface area contributed by atoms with Gasteiger partial charge in [-0.25, -0.2) is 0 Å². The SMILES string of the molecule is COc1ccc(C)cc1NC(=O)[C@@H](NC(c1ccccc1)c1ccccc1)c1ccccc1. The molecule has 4 nitrogen and oxygen atoms in total. The molecule has 4 aromatic rings. The van der Waals surface area contributed by atoms with Crippen molar-refractivity contribution in [1.29, 1.82) is 0 Å². The fourth-order valence-corrected chi connectivity index (χ4v) is 3.94. The zero-order valence-corrected chi connectivity index (χ0v) is 18.9. The van der Waals surface area contributed by atoms with E-state index in [0.717, 1.165) is 22.3 Å². The number of carbonyl (C=O) groups is 1. The Balaban J connectivity index is 1.71. The summed E-state index contributed by atoms with van der Waals surface area (Å²) in [5.74, 6) is 0.477. The number of hydrogen-bond donors (Lipinski definition) is 2. The highest BCUT2D eigenvalue weighted by atomic mass is 16.5. The van der Waals surface area contributed by atoms with Crippen LogP contribution in [0.2, 0.25) is 0 Å². The van der Waals surface area contributed by atoms with Gasteiger partial charge in [-0.05, 0) is 41.3 Å². The molecule has 0 aliphatic heterocycles. The molecule has 1 amide bonds. The molecule has 2 N–H and O–H groups in total. The summed E-state index contributed by atoms with van der Waals surface area (Å²) in [6.45, 7) is 1.99. The van der Waals surface area contributed by atoms with Crippen LogP contribution in [-0.2, 0) is 4.79 Å². The maximum atomic E-state index is 13.7. The number of rotatable bonds is 8. The smallest absolute Gasteiger partial charge is 0.246 e. The van der Waals surface area contributed by atoms with Gasteiger partial charge in [0.2, 0.25) is 5.91 Å². The van der Waals surface area contributed by atoms with Crippen molar-refractivity contribution < 1.29 is 9.53 Å². The van der Waals surface area contributed by atoms with Gasteiger partial charge in [0, 0.05) is 0 Å². The molecule has 0 unspecified atom stereocenters. The van der Waals surface area contributed by atoms with Gasteiger partial charge >= 0.3 is 0 Å². The molecule has 0 spiro atoms. The van der Waals surface area contributed by atoms with Crippen molar-refractivity contribution in [2.75, 3.05) is 12.4 Å². The highest BCUT2D eigenvalue weighted by Gasteiger charge is 2.26. The monoisotopic (exact) mass is 436 g/mol. The molecular formula is C29H28N2O2. The van der Waals surface area contributed by atoms with Gasteiger partial charge in [0.15, 0.2) is 0 Å². The van der Waals surface area contributed by atoms with Gasteiger partial charge in [0.05, 0.1) is 18.8 Å². The van der Waals surface area contributed by atoms with Crippen LogP contribution >= 0.6 is 0 Å². The normalized spacial score (nSPS) is 11.7. The van der Waals surface area contributed by atoms with E-state index in [1.807, 2.05) is 91.9 Å². The first kappa shape index (κ1) is 22.3. The van der Waals surface area contributed by atoms with Crippen LogP contribution in [0.15, 0.2) is 109 Å². The topological polar surface area (TPSA) is 50.4 Å². The Kier molecular flexibility index (Phi) is 7.18. The number of amides is 1. The van der Waals surface area contributed by atoms with Crippen molar-refractivity contribution in [3.63, 3.8) is 0 Å². The highest BCUT2D eigenvalue weighted by Crippen LogP contribution is 2.29. The number of carbonyl (C=O) groups excluding carboxylic acids is 1.